The number of aromatic nitrogens is 1. The third-order valence-electron chi connectivity index (χ3n) is 4.50. The monoisotopic (exact) mass is 304 g/mol. The summed E-state index contributed by atoms with van der Waals surface area (Å²) >= 11 is 0. The van der Waals surface area contributed by atoms with Crippen molar-refractivity contribution < 1.29 is 9.90 Å². The minimum absolute atomic E-state index is 0.0821. The highest BCUT2D eigenvalue weighted by molar-refractivity contribution is 5.99. The minimum Gasteiger partial charge on any atom is -0.395 e. The van der Waals surface area contributed by atoms with Gasteiger partial charge in [0.05, 0.1) is 12.2 Å². The molecule has 0 bridgehead atoms. The predicted octanol–water partition coefficient (Wildman–Crippen LogP) is 0.432. The number of carbonyl (C=O) groups excluding carboxylic acids is 1. The highest BCUT2D eigenvalue weighted by Crippen LogP contribution is 2.23. The van der Waals surface area contributed by atoms with Gasteiger partial charge in [0.2, 0.25) is 0 Å². The molecule has 120 valence electrons. The fourth-order valence-corrected chi connectivity index (χ4v) is 3.23. The largest absolute Gasteiger partial charge is 0.395 e. The lowest BCUT2D eigenvalue weighted by atomic mass is 10.2. The molecule has 1 amide bonds. The summed E-state index contributed by atoms with van der Waals surface area (Å²) in [4.78, 5) is 23.6. The quantitative estimate of drug-likeness (QED) is 0.874. The Kier molecular flexibility index (Phi) is 4.90. The first-order chi connectivity index (χ1) is 10.8. The van der Waals surface area contributed by atoms with Crippen LogP contribution in [0.3, 0.4) is 0 Å². The van der Waals surface area contributed by atoms with Crippen LogP contribution in [-0.4, -0.2) is 78.2 Å². The SMILES string of the molecule is O=C(c1cccnc1N1CCCC1)N1CCN(CCO)CC1. The van der Waals surface area contributed by atoms with E-state index in [9.17, 15) is 4.79 Å². The van der Waals surface area contributed by atoms with Gasteiger partial charge in [-0.1, -0.05) is 0 Å². The van der Waals surface area contributed by atoms with Crippen LogP contribution in [0.1, 0.15) is 23.2 Å². The smallest absolute Gasteiger partial charge is 0.257 e. The van der Waals surface area contributed by atoms with E-state index in [4.69, 9.17) is 5.11 Å². The molecule has 0 atom stereocenters. The van der Waals surface area contributed by atoms with E-state index in [0.717, 1.165) is 37.6 Å². The van der Waals surface area contributed by atoms with Crippen LogP contribution in [0.15, 0.2) is 18.3 Å². The average Bonchev–Trinajstić information content (AvgIpc) is 3.10. The van der Waals surface area contributed by atoms with Gasteiger partial charge >= 0.3 is 0 Å². The summed E-state index contributed by atoms with van der Waals surface area (Å²) in [6.07, 6.45) is 4.11. The zero-order valence-corrected chi connectivity index (χ0v) is 12.9. The Labute approximate surface area is 131 Å². The molecule has 2 aliphatic heterocycles. The molecule has 1 N–H and O–H groups in total. The van der Waals surface area contributed by atoms with Gasteiger partial charge in [0.1, 0.15) is 5.82 Å². The van der Waals surface area contributed by atoms with E-state index in [2.05, 4.69) is 14.8 Å². The molecule has 0 aromatic carbocycles. The van der Waals surface area contributed by atoms with Crippen LogP contribution in [0.4, 0.5) is 5.82 Å². The molecule has 0 radical (unpaired) electrons. The lowest BCUT2D eigenvalue weighted by Crippen LogP contribution is -2.49. The first-order valence-corrected chi connectivity index (χ1v) is 8.12. The number of hydrogen-bond donors (Lipinski definition) is 1. The van der Waals surface area contributed by atoms with Crippen molar-refractivity contribution in [2.45, 2.75) is 12.8 Å². The van der Waals surface area contributed by atoms with Crippen molar-refractivity contribution in [1.82, 2.24) is 14.8 Å². The zero-order valence-electron chi connectivity index (χ0n) is 12.9. The van der Waals surface area contributed by atoms with Crippen LogP contribution >= 0.6 is 0 Å². The minimum atomic E-state index is 0.0821. The van der Waals surface area contributed by atoms with E-state index >= 15 is 0 Å². The van der Waals surface area contributed by atoms with Crippen molar-refractivity contribution >= 4 is 11.7 Å². The molecule has 2 aliphatic rings. The van der Waals surface area contributed by atoms with E-state index in [1.165, 1.54) is 12.8 Å². The first-order valence-electron chi connectivity index (χ1n) is 8.12. The number of aliphatic hydroxyl groups is 1. The van der Waals surface area contributed by atoms with E-state index in [0.29, 0.717) is 19.6 Å². The van der Waals surface area contributed by atoms with Gasteiger partial charge in [-0.05, 0) is 25.0 Å². The zero-order chi connectivity index (χ0) is 15.4. The Morgan fingerprint density at radius 2 is 1.86 bits per heavy atom. The van der Waals surface area contributed by atoms with Crippen molar-refractivity contribution in [3.8, 4) is 0 Å². The Hall–Kier alpha value is -1.66. The molecule has 3 rings (SSSR count). The van der Waals surface area contributed by atoms with Crippen LogP contribution in [0.5, 0.6) is 0 Å². The summed E-state index contributed by atoms with van der Waals surface area (Å²) < 4.78 is 0. The number of nitrogens with zero attached hydrogens (tertiary/aromatic N) is 4. The van der Waals surface area contributed by atoms with Gasteiger partial charge in [-0.25, -0.2) is 4.98 Å². The van der Waals surface area contributed by atoms with Crippen LogP contribution in [0, 0.1) is 0 Å². The molecule has 0 spiro atoms. The maximum atomic E-state index is 12.8. The molecule has 2 saturated heterocycles. The molecular weight excluding hydrogens is 280 g/mol. The summed E-state index contributed by atoms with van der Waals surface area (Å²) in [7, 11) is 0. The highest BCUT2D eigenvalue weighted by Gasteiger charge is 2.26. The number of pyridine rings is 1. The summed E-state index contributed by atoms with van der Waals surface area (Å²) in [5, 5.41) is 8.99. The van der Waals surface area contributed by atoms with E-state index < -0.39 is 0 Å². The van der Waals surface area contributed by atoms with Crippen molar-refractivity contribution in [2.24, 2.45) is 0 Å². The number of amides is 1. The third-order valence-corrected chi connectivity index (χ3v) is 4.50. The second kappa shape index (κ2) is 7.07. The van der Waals surface area contributed by atoms with Gasteiger partial charge in [0.25, 0.3) is 5.91 Å². The molecule has 1 aromatic heterocycles. The number of anilines is 1. The summed E-state index contributed by atoms with van der Waals surface area (Å²) in [6.45, 7) is 5.92. The Bertz CT molecular complexity index is 509. The van der Waals surface area contributed by atoms with Crippen molar-refractivity contribution in [3.63, 3.8) is 0 Å². The van der Waals surface area contributed by atoms with Crippen molar-refractivity contribution in [1.29, 1.82) is 0 Å². The van der Waals surface area contributed by atoms with Gasteiger partial charge in [0, 0.05) is 52.0 Å². The molecule has 2 fully saturated rings. The standard InChI is InChI=1S/C16H24N4O2/c21-13-12-18-8-10-20(11-9-18)16(22)14-4-3-5-17-15(14)19-6-1-2-7-19/h3-5,21H,1-2,6-13H2. The summed E-state index contributed by atoms with van der Waals surface area (Å²) in [6, 6.07) is 3.73. The second-order valence-corrected chi connectivity index (χ2v) is 5.93. The van der Waals surface area contributed by atoms with E-state index in [1.54, 1.807) is 6.20 Å². The highest BCUT2D eigenvalue weighted by atomic mass is 16.3. The molecule has 6 nitrogen and oxygen atoms in total. The van der Waals surface area contributed by atoms with Crippen LogP contribution in [-0.2, 0) is 0 Å². The predicted molar refractivity (Wildman–Crippen MR) is 85.1 cm³/mol. The van der Waals surface area contributed by atoms with E-state index in [-0.39, 0.29) is 12.5 Å². The van der Waals surface area contributed by atoms with Gasteiger partial charge < -0.3 is 14.9 Å². The molecule has 6 heteroatoms. The molecule has 3 heterocycles. The maximum absolute atomic E-state index is 12.8. The van der Waals surface area contributed by atoms with Crippen LogP contribution < -0.4 is 4.90 Å². The topological polar surface area (TPSA) is 59.9 Å². The molecule has 0 aliphatic carbocycles. The van der Waals surface area contributed by atoms with Crippen molar-refractivity contribution in [3.05, 3.63) is 23.9 Å². The molecule has 0 unspecified atom stereocenters. The van der Waals surface area contributed by atoms with Crippen LogP contribution in [0.2, 0.25) is 0 Å². The average molecular weight is 304 g/mol. The lowest BCUT2D eigenvalue weighted by molar-refractivity contribution is 0.0615. The van der Waals surface area contributed by atoms with Crippen molar-refractivity contribution in [2.75, 3.05) is 57.3 Å². The molecule has 0 saturated carbocycles. The van der Waals surface area contributed by atoms with E-state index in [1.807, 2.05) is 17.0 Å². The number of hydrogen-bond acceptors (Lipinski definition) is 5. The second-order valence-electron chi connectivity index (χ2n) is 5.93. The Morgan fingerprint density at radius 3 is 2.55 bits per heavy atom. The Morgan fingerprint density at radius 1 is 1.14 bits per heavy atom. The van der Waals surface area contributed by atoms with Gasteiger partial charge in [-0.2, -0.15) is 0 Å². The fourth-order valence-electron chi connectivity index (χ4n) is 3.23. The molecular formula is C16H24N4O2. The third kappa shape index (κ3) is 3.23. The van der Waals surface area contributed by atoms with Gasteiger partial charge in [0.15, 0.2) is 0 Å². The Balaban J connectivity index is 1.70. The molecule has 1 aromatic rings. The normalized spacial score (nSPS) is 19.7. The number of carbonyl (C=O) groups is 1. The summed E-state index contributed by atoms with van der Waals surface area (Å²) in [5.41, 5.74) is 0.722. The first kappa shape index (κ1) is 15.2. The van der Waals surface area contributed by atoms with Gasteiger partial charge in [-0.3, -0.25) is 9.69 Å². The fraction of sp³-hybridized carbons (Fsp3) is 0.625. The number of aliphatic hydroxyl groups excluding tert-OH is 1. The maximum Gasteiger partial charge on any atom is 0.257 e. The number of rotatable bonds is 4. The van der Waals surface area contributed by atoms with Crippen LogP contribution in [0.25, 0.3) is 0 Å². The number of piperazine rings is 1. The number of β-amino-alcohol motifs (C(OH)–C–C–N with tert-alkyl or cyclic N) is 1. The molecule has 22 heavy (non-hydrogen) atoms. The summed E-state index contributed by atoms with van der Waals surface area (Å²) in [5.74, 6) is 0.918. The lowest BCUT2D eigenvalue weighted by Gasteiger charge is -2.35. The van der Waals surface area contributed by atoms with Gasteiger partial charge in [-0.15, -0.1) is 0 Å².